The fourth-order valence-electron chi connectivity index (χ4n) is 3.30. The second-order valence-electron chi connectivity index (χ2n) is 6.64. The molecule has 1 fully saturated rings. The van der Waals surface area contributed by atoms with Crippen molar-refractivity contribution in [2.24, 2.45) is 5.92 Å². The van der Waals surface area contributed by atoms with E-state index in [1.807, 2.05) is 6.92 Å². The van der Waals surface area contributed by atoms with Crippen LogP contribution in [0, 0.1) is 5.92 Å². The molecule has 1 heterocycles. The van der Waals surface area contributed by atoms with Gasteiger partial charge in [0.25, 0.3) is 0 Å². The number of halogens is 2. The van der Waals surface area contributed by atoms with Crippen LogP contribution in [-0.4, -0.2) is 43.5 Å². The number of likely N-dealkylation sites (tertiary alicyclic amines) is 1. The molecule has 0 bridgehead atoms. The van der Waals surface area contributed by atoms with Crippen molar-refractivity contribution in [3.8, 4) is 22.6 Å². The Morgan fingerprint density at radius 3 is 2.55 bits per heavy atom. The topological polar surface area (TPSA) is 67.9 Å². The fourth-order valence-corrected chi connectivity index (χ4v) is 3.30. The van der Waals surface area contributed by atoms with Gasteiger partial charge in [-0.1, -0.05) is 12.1 Å². The van der Waals surface area contributed by atoms with E-state index in [2.05, 4.69) is 10.1 Å². The smallest absolute Gasteiger partial charge is 0.387 e. The van der Waals surface area contributed by atoms with Gasteiger partial charge in [0.2, 0.25) is 11.8 Å². The number of hydrogen-bond donors (Lipinski definition) is 1. The molecule has 2 aromatic rings. The number of anilines is 1. The number of nitrogens with zero attached hydrogens (tertiary/aromatic N) is 1. The lowest BCUT2D eigenvalue weighted by Gasteiger charge is -2.16. The Kier molecular flexibility index (Phi) is 6.31. The summed E-state index contributed by atoms with van der Waals surface area (Å²) in [5.41, 5.74) is 1.47. The maximum atomic E-state index is 12.8. The quantitative estimate of drug-likeness (QED) is 0.763. The Balaban J connectivity index is 1.84. The van der Waals surface area contributed by atoms with Gasteiger partial charge in [-0.15, -0.1) is 0 Å². The average Bonchev–Trinajstić information content (AvgIpc) is 3.10. The summed E-state index contributed by atoms with van der Waals surface area (Å²) in [6.07, 6.45) is 0.164. The van der Waals surface area contributed by atoms with Crippen LogP contribution in [0.2, 0.25) is 0 Å². The molecule has 1 aliphatic rings. The first-order chi connectivity index (χ1) is 13.9. The highest BCUT2D eigenvalue weighted by Crippen LogP contribution is 2.35. The van der Waals surface area contributed by atoms with Crippen LogP contribution >= 0.6 is 0 Å². The highest BCUT2D eigenvalue weighted by Gasteiger charge is 2.33. The van der Waals surface area contributed by atoms with Gasteiger partial charge >= 0.3 is 6.61 Å². The van der Waals surface area contributed by atoms with Crippen molar-refractivity contribution in [1.29, 1.82) is 0 Å². The molecular weight excluding hydrogens is 382 g/mol. The van der Waals surface area contributed by atoms with E-state index < -0.39 is 12.5 Å². The molecule has 2 amide bonds. The second-order valence-corrected chi connectivity index (χ2v) is 6.64. The van der Waals surface area contributed by atoms with Gasteiger partial charge in [0.15, 0.2) is 0 Å². The van der Waals surface area contributed by atoms with Crippen LogP contribution in [0.4, 0.5) is 14.5 Å². The molecule has 1 unspecified atom stereocenters. The molecule has 0 aromatic heterocycles. The minimum atomic E-state index is -2.98. The number of hydrogen-bond acceptors (Lipinski definition) is 4. The highest BCUT2D eigenvalue weighted by atomic mass is 19.3. The fraction of sp³-hybridized carbons (Fsp3) is 0.333. The van der Waals surface area contributed by atoms with Crippen LogP contribution in [0.15, 0.2) is 42.5 Å². The molecule has 1 N–H and O–H groups in total. The molecule has 1 saturated heterocycles. The molecule has 6 nitrogen and oxygen atoms in total. The van der Waals surface area contributed by atoms with Gasteiger partial charge in [-0.2, -0.15) is 8.78 Å². The maximum absolute atomic E-state index is 12.8. The number of rotatable bonds is 7. The molecule has 2 aromatic carbocycles. The van der Waals surface area contributed by atoms with E-state index in [-0.39, 0.29) is 24.0 Å². The van der Waals surface area contributed by atoms with E-state index in [9.17, 15) is 18.4 Å². The Bertz CT molecular complexity index is 887. The summed E-state index contributed by atoms with van der Waals surface area (Å²) in [6, 6.07) is 11.3. The standard InChI is InChI=1S/C21H22F2N2O4/c1-3-25-12-14(10-19(25)26)20(27)24-15-6-9-18(29-21(22)23)17(11-15)13-4-7-16(28-2)8-5-13/h4-9,11,14,21H,3,10,12H2,1-2H3,(H,24,27). The summed E-state index contributed by atoms with van der Waals surface area (Å²) in [6.45, 7) is -0.179. The van der Waals surface area contributed by atoms with Crippen molar-refractivity contribution in [3.05, 3.63) is 42.5 Å². The first-order valence-electron chi connectivity index (χ1n) is 9.23. The summed E-state index contributed by atoms with van der Waals surface area (Å²) in [5, 5.41) is 2.78. The summed E-state index contributed by atoms with van der Waals surface area (Å²) in [7, 11) is 1.53. The predicted octanol–water partition coefficient (Wildman–Crippen LogP) is 3.77. The summed E-state index contributed by atoms with van der Waals surface area (Å²) in [5.74, 6) is -0.147. The van der Waals surface area contributed by atoms with E-state index >= 15 is 0 Å². The highest BCUT2D eigenvalue weighted by molar-refractivity contribution is 5.97. The zero-order valence-corrected chi connectivity index (χ0v) is 16.2. The Morgan fingerprint density at radius 1 is 1.24 bits per heavy atom. The summed E-state index contributed by atoms with van der Waals surface area (Å²) >= 11 is 0. The number of alkyl halides is 2. The van der Waals surface area contributed by atoms with Crippen molar-refractivity contribution < 1.29 is 27.8 Å². The van der Waals surface area contributed by atoms with E-state index in [0.717, 1.165) is 0 Å². The average molecular weight is 404 g/mol. The van der Waals surface area contributed by atoms with Crippen molar-refractivity contribution in [2.45, 2.75) is 20.0 Å². The number of benzene rings is 2. The lowest BCUT2D eigenvalue weighted by atomic mass is 10.0. The lowest BCUT2D eigenvalue weighted by molar-refractivity contribution is -0.128. The number of nitrogens with one attached hydrogen (secondary N) is 1. The predicted molar refractivity (Wildman–Crippen MR) is 104 cm³/mol. The normalized spacial score (nSPS) is 16.2. The monoisotopic (exact) mass is 404 g/mol. The lowest BCUT2D eigenvalue weighted by Crippen LogP contribution is -2.28. The first-order valence-corrected chi connectivity index (χ1v) is 9.23. The van der Waals surface area contributed by atoms with Gasteiger partial charge in [-0.25, -0.2) is 0 Å². The van der Waals surface area contributed by atoms with Gasteiger partial charge in [-0.05, 0) is 42.8 Å². The molecule has 1 atom stereocenters. The van der Waals surface area contributed by atoms with Gasteiger partial charge in [0.1, 0.15) is 11.5 Å². The molecule has 3 rings (SSSR count). The number of carbonyl (C=O) groups excluding carboxylic acids is 2. The molecule has 0 saturated carbocycles. The zero-order valence-electron chi connectivity index (χ0n) is 16.2. The van der Waals surface area contributed by atoms with E-state index in [4.69, 9.17) is 4.74 Å². The molecule has 1 aliphatic heterocycles. The van der Waals surface area contributed by atoms with Gasteiger partial charge in [0.05, 0.1) is 13.0 Å². The first kappa shape index (κ1) is 20.6. The van der Waals surface area contributed by atoms with E-state index in [0.29, 0.717) is 35.7 Å². The van der Waals surface area contributed by atoms with Crippen molar-refractivity contribution >= 4 is 17.5 Å². The Hall–Kier alpha value is -3.16. The van der Waals surface area contributed by atoms with Crippen molar-refractivity contribution in [1.82, 2.24) is 4.90 Å². The van der Waals surface area contributed by atoms with Crippen LogP contribution in [0.3, 0.4) is 0 Å². The third kappa shape index (κ3) is 4.82. The number of methoxy groups -OCH3 is 1. The van der Waals surface area contributed by atoms with Crippen molar-refractivity contribution in [3.63, 3.8) is 0 Å². The minimum Gasteiger partial charge on any atom is -0.497 e. The van der Waals surface area contributed by atoms with Crippen LogP contribution in [0.1, 0.15) is 13.3 Å². The maximum Gasteiger partial charge on any atom is 0.387 e. The molecule has 0 spiro atoms. The number of ether oxygens (including phenoxy) is 2. The third-order valence-corrected chi connectivity index (χ3v) is 4.83. The van der Waals surface area contributed by atoms with E-state index in [1.54, 1.807) is 35.2 Å². The van der Waals surface area contributed by atoms with Crippen LogP contribution in [0.5, 0.6) is 11.5 Å². The molecule has 8 heteroatoms. The SMILES string of the molecule is CCN1CC(C(=O)Nc2ccc(OC(F)F)c(-c3ccc(OC)cc3)c2)CC1=O. The zero-order chi connectivity index (χ0) is 21.0. The van der Waals surface area contributed by atoms with Crippen LogP contribution < -0.4 is 14.8 Å². The summed E-state index contributed by atoms with van der Waals surface area (Å²) in [4.78, 5) is 26.0. The minimum absolute atomic E-state index is 0.00336. The van der Waals surface area contributed by atoms with Gasteiger partial charge < -0.3 is 19.7 Å². The van der Waals surface area contributed by atoms with Crippen LogP contribution in [-0.2, 0) is 9.59 Å². The second kappa shape index (κ2) is 8.89. The molecule has 154 valence electrons. The number of carbonyl (C=O) groups is 2. The molecule has 0 radical (unpaired) electrons. The molecule has 29 heavy (non-hydrogen) atoms. The summed E-state index contributed by atoms with van der Waals surface area (Å²) < 4.78 is 35.4. The Labute approximate surface area is 167 Å². The van der Waals surface area contributed by atoms with Gasteiger partial charge in [0, 0.05) is 30.8 Å². The Morgan fingerprint density at radius 2 is 1.97 bits per heavy atom. The third-order valence-electron chi connectivity index (χ3n) is 4.83. The van der Waals surface area contributed by atoms with E-state index in [1.165, 1.54) is 19.2 Å². The van der Waals surface area contributed by atoms with Crippen LogP contribution in [0.25, 0.3) is 11.1 Å². The largest absolute Gasteiger partial charge is 0.497 e. The van der Waals surface area contributed by atoms with Gasteiger partial charge in [-0.3, -0.25) is 9.59 Å². The molecule has 0 aliphatic carbocycles. The number of amides is 2. The molecular formula is C21H22F2N2O4. The van der Waals surface area contributed by atoms with Crippen molar-refractivity contribution in [2.75, 3.05) is 25.5 Å².